The highest BCUT2D eigenvalue weighted by atomic mass is 16.5. The van der Waals surface area contributed by atoms with E-state index in [1.807, 2.05) is 0 Å². The lowest BCUT2D eigenvalue weighted by molar-refractivity contribution is -0.0174. The van der Waals surface area contributed by atoms with Gasteiger partial charge in [0, 0.05) is 12.6 Å². The molecule has 3 atom stereocenters. The van der Waals surface area contributed by atoms with Crippen molar-refractivity contribution in [1.82, 2.24) is 0 Å². The van der Waals surface area contributed by atoms with E-state index < -0.39 is 0 Å². The lowest BCUT2D eigenvalue weighted by atomic mass is 10.1. The second kappa shape index (κ2) is 3.09. The van der Waals surface area contributed by atoms with Crippen molar-refractivity contribution in [2.75, 3.05) is 13.2 Å². The van der Waals surface area contributed by atoms with Crippen LogP contribution in [0, 0.1) is 0 Å². The third-order valence-corrected chi connectivity index (χ3v) is 2.44. The molecular formula is C8H15NO2. The predicted octanol–water partition coefficient (Wildman–Crippen LogP) is 0.282. The first-order valence-electron chi connectivity index (χ1n) is 4.35. The summed E-state index contributed by atoms with van der Waals surface area (Å²) < 4.78 is 11.0. The minimum absolute atomic E-state index is 0.240. The van der Waals surface area contributed by atoms with Gasteiger partial charge in [0.15, 0.2) is 0 Å². The molecule has 3 heteroatoms. The van der Waals surface area contributed by atoms with Crippen LogP contribution in [0.5, 0.6) is 0 Å². The van der Waals surface area contributed by atoms with Crippen molar-refractivity contribution in [2.24, 2.45) is 5.73 Å². The maximum atomic E-state index is 5.71. The molecule has 2 aliphatic rings. The summed E-state index contributed by atoms with van der Waals surface area (Å²) in [5, 5.41) is 0. The molecule has 11 heavy (non-hydrogen) atoms. The normalized spacial score (nSPS) is 45.0. The van der Waals surface area contributed by atoms with Crippen LogP contribution in [-0.4, -0.2) is 31.5 Å². The maximum Gasteiger partial charge on any atom is 0.0853 e. The molecule has 2 heterocycles. The predicted molar refractivity (Wildman–Crippen MR) is 41.3 cm³/mol. The van der Waals surface area contributed by atoms with E-state index in [2.05, 4.69) is 0 Å². The molecular weight excluding hydrogens is 142 g/mol. The maximum absolute atomic E-state index is 5.71. The first-order chi connectivity index (χ1) is 5.36. The highest BCUT2D eigenvalue weighted by Gasteiger charge is 2.32. The van der Waals surface area contributed by atoms with Gasteiger partial charge in [0.1, 0.15) is 0 Å². The molecule has 0 radical (unpaired) electrons. The van der Waals surface area contributed by atoms with Gasteiger partial charge in [-0.15, -0.1) is 0 Å². The van der Waals surface area contributed by atoms with Gasteiger partial charge in [-0.05, 0) is 19.3 Å². The Bertz CT molecular complexity index is 134. The quantitative estimate of drug-likeness (QED) is 0.594. The van der Waals surface area contributed by atoms with Gasteiger partial charge in [-0.2, -0.15) is 0 Å². The van der Waals surface area contributed by atoms with Gasteiger partial charge in [0.2, 0.25) is 0 Å². The van der Waals surface area contributed by atoms with Crippen molar-refractivity contribution in [2.45, 2.75) is 37.5 Å². The average Bonchev–Trinajstić information content (AvgIpc) is 2.55. The van der Waals surface area contributed by atoms with Crippen molar-refractivity contribution in [3.05, 3.63) is 0 Å². The van der Waals surface area contributed by atoms with E-state index in [4.69, 9.17) is 15.2 Å². The van der Waals surface area contributed by atoms with E-state index in [9.17, 15) is 0 Å². The summed E-state index contributed by atoms with van der Waals surface area (Å²) in [6, 6.07) is 0.240. The van der Waals surface area contributed by atoms with Crippen LogP contribution in [-0.2, 0) is 9.47 Å². The van der Waals surface area contributed by atoms with Crippen molar-refractivity contribution in [3.63, 3.8) is 0 Å². The van der Waals surface area contributed by atoms with Crippen molar-refractivity contribution in [3.8, 4) is 0 Å². The molecule has 3 unspecified atom stereocenters. The molecule has 2 rings (SSSR count). The van der Waals surface area contributed by atoms with E-state index in [1.54, 1.807) is 0 Å². The Kier molecular flexibility index (Phi) is 2.11. The molecule has 0 aromatic carbocycles. The minimum atomic E-state index is 0.240. The second-order valence-corrected chi connectivity index (χ2v) is 3.42. The Morgan fingerprint density at radius 2 is 2.09 bits per heavy atom. The molecule has 0 spiro atoms. The van der Waals surface area contributed by atoms with Gasteiger partial charge in [0.05, 0.1) is 18.8 Å². The molecule has 3 nitrogen and oxygen atoms in total. The van der Waals surface area contributed by atoms with Gasteiger partial charge in [-0.25, -0.2) is 0 Å². The topological polar surface area (TPSA) is 44.5 Å². The van der Waals surface area contributed by atoms with E-state index in [0.29, 0.717) is 12.7 Å². The van der Waals surface area contributed by atoms with Crippen LogP contribution in [0.3, 0.4) is 0 Å². The first-order valence-corrected chi connectivity index (χ1v) is 4.35. The summed E-state index contributed by atoms with van der Waals surface area (Å²) in [7, 11) is 0. The molecule has 0 aromatic rings. The summed E-state index contributed by atoms with van der Waals surface area (Å²) in [6.45, 7) is 1.62. The fraction of sp³-hybridized carbons (Fsp3) is 1.00. The van der Waals surface area contributed by atoms with E-state index in [-0.39, 0.29) is 12.1 Å². The van der Waals surface area contributed by atoms with Crippen molar-refractivity contribution in [1.29, 1.82) is 0 Å². The fourth-order valence-corrected chi connectivity index (χ4v) is 1.84. The zero-order chi connectivity index (χ0) is 7.68. The molecule has 0 saturated carbocycles. The number of hydrogen-bond acceptors (Lipinski definition) is 3. The molecule has 0 bridgehead atoms. The van der Waals surface area contributed by atoms with Crippen LogP contribution in [0.2, 0.25) is 0 Å². The minimum Gasteiger partial charge on any atom is -0.376 e. The van der Waals surface area contributed by atoms with Crippen LogP contribution in [0.4, 0.5) is 0 Å². The smallest absolute Gasteiger partial charge is 0.0853 e. The molecule has 2 aliphatic heterocycles. The number of ether oxygens (including phenoxy) is 2. The van der Waals surface area contributed by atoms with E-state index in [1.165, 1.54) is 6.42 Å². The van der Waals surface area contributed by atoms with Gasteiger partial charge in [0.25, 0.3) is 0 Å². The van der Waals surface area contributed by atoms with Gasteiger partial charge in [-0.3, -0.25) is 0 Å². The van der Waals surface area contributed by atoms with E-state index in [0.717, 1.165) is 19.4 Å². The molecule has 0 aliphatic carbocycles. The zero-order valence-electron chi connectivity index (χ0n) is 6.66. The first kappa shape index (κ1) is 7.53. The molecule has 2 fully saturated rings. The van der Waals surface area contributed by atoms with Crippen LogP contribution < -0.4 is 5.73 Å². The summed E-state index contributed by atoms with van der Waals surface area (Å²) in [6.07, 6.45) is 3.93. The molecule has 64 valence electrons. The lowest BCUT2D eigenvalue weighted by Crippen LogP contribution is -2.26. The molecule has 2 saturated heterocycles. The summed E-state index contributed by atoms with van der Waals surface area (Å²) in [4.78, 5) is 0. The lowest BCUT2D eigenvalue weighted by Gasteiger charge is -2.16. The van der Waals surface area contributed by atoms with Gasteiger partial charge >= 0.3 is 0 Å². The van der Waals surface area contributed by atoms with Gasteiger partial charge < -0.3 is 15.2 Å². The van der Waals surface area contributed by atoms with Gasteiger partial charge in [-0.1, -0.05) is 0 Å². The van der Waals surface area contributed by atoms with Crippen molar-refractivity contribution >= 4 is 0 Å². The Morgan fingerprint density at radius 1 is 1.18 bits per heavy atom. The molecule has 0 aromatic heterocycles. The zero-order valence-corrected chi connectivity index (χ0v) is 6.66. The third-order valence-electron chi connectivity index (χ3n) is 2.44. The van der Waals surface area contributed by atoms with E-state index >= 15 is 0 Å². The molecule has 0 amide bonds. The average molecular weight is 157 g/mol. The Labute approximate surface area is 66.8 Å². The monoisotopic (exact) mass is 157 g/mol. The Morgan fingerprint density at radius 3 is 2.64 bits per heavy atom. The fourth-order valence-electron chi connectivity index (χ4n) is 1.84. The van der Waals surface area contributed by atoms with Crippen LogP contribution in [0.1, 0.15) is 19.3 Å². The highest BCUT2D eigenvalue weighted by Crippen LogP contribution is 2.24. The van der Waals surface area contributed by atoms with Crippen LogP contribution >= 0.6 is 0 Å². The largest absolute Gasteiger partial charge is 0.376 e. The SMILES string of the molecule is NC1COC(C2CCCO2)C1. The number of rotatable bonds is 1. The summed E-state index contributed by atoms with van der Waals surface area (Å²) >= 11 is 0. The highest BCUT2D eigenvalue weighted by molar-refractivity contribution is 4.83. The number of hydrogen-bond donors (Lipinski definition) is 1. The third kappa shape index (κ3) is 1.55. The standard InChI is InChI=1S/C8H15NO2/c9-6-4-8(11-5-6)7-2-1-3-10-7/h6-8H,1-5,9H2. The van der Waals surface area contributed by atoms with Crippen molar-refractivity contribution < 1.29 is 9.47 Å². The van der Waals surface area contributed by atoms with Crippen LogP contribution in [0.25, 0.3) is 0 Å². The van der Waals surface area contributed by atoms with Crippen LogP contribution in [0.15, 0.2) is 0 Å². The summed E-state index contributed by atoms with van der Waals surface area (Å²) in [5.41, 5.74) is 5.71. The second-order valence-electron chi connectivity index (χ2n) is 3.42. The summed E-state index contributed by atoms with van der Waals surface area (Å²) in [5.74, 6) is 0. The Balaban J connectivity index is 1.85. The Hall–Kier alpha value is -0.120. The molecule has 2 N–H and O–H groups in total. The number of nitrogens with two attached hydrogens (primary N) is 1.